The summed E-state index contributed by atoms with van der Waals surface area (Å²) in [6.45, 7) is 6.23. The summed E-state index contributed by atoms with van der Waals surface area (Å²) in [5.74, 6) is 0.325. The van der Waals surface area contributed by atoms with Crippen molar-refractivity contribution in [2.75, 3.05) is 11.3 Å². The topological polar surface area (TPSA) is 84.4 Å². The van der Waals surface area contributed by atoms with Crippen LogP contribution in [0, 0.1) is 13.8 Å². The molecule has 1 N–H and O–H groups in total. The van der Waals surface area contributed by atoms with Gasteiger partial charge in [0.2, 0.25) is 11.8 Å². The number of aryl methyl sites for hydroxylation is 2. The van der Waals surface area contributed by atoms with Crippen molar-refractivity contribution in [2.45, 2.75) is 44.4 Å². The van der Waals surface area contributed by atoms with Crippen molar-refractivity contribution in [2.24, 2.45) is 0 Å². The summed E-state index contributed by atoms with van der Waals surface area (Å²) in [4.78, 5) is 11.7. The van der Waals surface area contributed by atoms with Gasteiger partial charge in [0.15, 0.2) is 0 Å². The zero-order chi connectivity index (χ0) is 25.6. The summed E-state index contributed by atoms with van der Waals surface area (Å²) in [5, 5.41) is 0. The predicted molar refractivity (Wildman–Crippen MR) is 143 cm³/mol. The normalized spacial score (nSPS) is 20.1. The highest BCUT2D eigenvalue weighted by Crippen LogP contribution is 2.35. The van der Waals surface area contributed by atoms with Crippen molar-refractivity contribution >= 4 is 16.0 Å². The maximum atomic E-state index is 13.4. The first kappa shape index (κ1) is 23.6. The standard InChI is InChI=1S/C29H28N4O3S/c1-19-7-5-8-20(2)28(19)25-16-27-31-29(30-25)32-37(34,35)23-11-6-9-21(15-23)17-33-14-13-26(36-27)24-12-4-3-10-22(24)18-33/h3-12,15-16,26H,13-14,17-18H2,1-2H3,(H,30,31,32). The highest BCUT2D eigenvalue weighted by molar-refractivity contribution is 7.92. The van der Waals surface area contributed by atoms with Crippen molar-refractivity contribution in [1.82, 2.24) is 14.9 Å². The SMILES string of the molecule is Cc1cccc(C)c1-c1cc2nc(n1)NS(=O)(=O)c1cccc(c1)CN1CCC(O2)c2ccccc2C1. The van der Waals surface area contributed by atoms with E-state index in [2.05, 4.69) is 31.7 Å². The second-order valence-corrected chi connectivity index (χ2v) is 11.4. The lowest BCUT2D eigenvalue weighted by Gasteiger charge is -2.22. The Morgan fingerprint density at radius 1 is 0.919 bits per heavy atom. The second-order valence-electron chi connectivity index (χ2n) is 9.74. The zero-order valence-electron chi connectivity index (χ0n) is 20.8. The Labute approximate surface area is 217 Å². The molecule has 37 heavy (non-hydrogen) atoms. The summed E-state index contributed by atoms with van der Waals surface area (Å²) >= 11 is 0. The van der Waals surface area contributed by atoms with Gasteiger partial charge in [-0.2, -0.15) is 4.98 Å². The van der Waals surface area contributed by atoms with Crippen molar-refractivity contribution in [3.05, 3.63) is 101 Å². The molecule has 6 bridgehead atoms. The highest BCUT2D eigenvalue weighted by Gasteiger charge is 2.26. The Hall–Kier alpha value is -3.75. The van der Waals surface area contributed by atoms with Gasteiger partial charge in [0.05, 0.1) is 10.6 Å². The van der Waals surface area contributed by atoms with E-state index in [-0.39, 0.29) is 16.9 Å². The molecule has 0 amide bonds. The van der Waals surface area contributed by atoms with Gasteiger partial charge >= 0.3 is 0 Å². The zero-order valence-corrected chi connectivity index (χ0v) is 21.6. The number of ether oxygens (including phenoxy) is 1. The molecule has 0 spiro atoms. The van der Waals surface area contributed by atoms with Crippen LogP contribution in [0.4, 0.5) is 5.95 Å². The number of rotatable bonds is 1. The van der Waals surface area contributed by atoms with E-state index in [9.17, 15) is 8.42 Å². The summed E-state index contributed by atoms with van der Waals surface area (Å²) < 4.78 is 35.9. The molecule has 3 aromatic carbocycles. The molecule has 0 radical (unpaired) electrons. The smallest absolute Gasteiger partial charge is 0.264 e. The summed E-state index contributed by atoms with van der Waals surface area (Å²) in [6, 6.07) is 23.2. The fourth-order valence-electron chi connectivity index (χ4n) is 5.30. The molecule has 0 saturated carbocycles. The number of hydrogen-bond acceptors (Lipinski definition) is 6. The van der Waals surface area contributed by atoms with Crippen LogP contribution >= 0.6 is 0 Å². The lowest BCUT2D eigenvalue weighted by Crippen LogP contribution is -2.24. The van der Waals surface area contributed by atoms with E-state index >= 15 is 0 Å². The molecular formula is C29H28N4O3S. The second kappa shape index (κ2) is 9.28. The van der Waals surface area contributed by atoms with Crippen molar-refractivity contribution in [3.8, 4) is 17.1 Å². The Kier molecular flexibility index (Phi) is 5.93. The van der Waals surface area contributed by atoms with Gasteiger partial charge in [0.1, 0.15) is 6.10 Å². The Morgan fingerprint density at radius 2 is 1.70 bits per heavy atom. The third-order valence-corrected chi connectivity index (χ3v) is 8.37. The number of nitrogens with one attached hydrogen (secondary N) is 1. The molecular weight excluding hydrogens is 484 g/mol. The molecule has 4 aromatic rings. The Morgan fingerprint density at radius 3 is 2.54 bits per heavy atom. The van der Waals surface area contributed by atoms with Gasteiger partial charge in [0.25, 0.3) is 10.0 Å². The van der Waals surface area contributed by atoms with Crippen molar-refractivity contribution in [1.29, 1.82) is 0 Å². The molecule has 0 aliphatic carbocycles. The van der Waals surface area contributed by atoms with Crippen LogP contribution in [0.15, 0.2) is 77.7 Å². The number of fused-ring (bicyclic) bond motifs is 9. The van der Waals surface area contributed by atoms with Crippen LogP contribution in [0.2, 0.25) is 0 Å². The van der Waals surface area contributed by atoms with E-state index in [4.69, 9.17) is 4.74 Å². The van der Waals surface area contributed by atoms with Crippen molar-refractivity contribution < 1.29 is 13.2 Å². The monoisotopic (exact) mass is 512 g/mol. The molecule has 7 nitrogen and oxygen atoms in total. The van der Waals surface area contributed by atoms with E-state index in [1.807, 2.05) is 56.3 Å². The largest absolute Gasteiger partial charge is 0.469 e. The van der Waals surface area contributed by atoms with E-state index in [1.165, 1.54) is 5.56 Å². The molecule has 8 heteroatoms. The van der Waals surface area contributed by atoms with Gasteiger partial charge < -0.3 is 4.74 Å². The van der Waals surface area contributed by atoms with Crippen LogP contribution in [0.25, 0.3) is 11.3 Å². The van der Waals surface area contributed by atoms with Crippen LogP contribution in [-0.4, -0.2) is 29.8 Å². The summed E-state index contributed by atoms with van der Waals surface area (Å²) in [7, 11) is -3.91. The number of anilines is 1. The summed E-state index contributed by atoms with van der Waals surface area (Å²) in [5.41, 5.74) is 6.89. The molecule has 2 aliphatic heterocycles. The van der Waals surface area contributed by atoms with Crippen LogP contribution in [0.1, 0.15) is 40.3 Å². The van der Waals surface area contributed by atoms with Crippen LogP contribution < -0.4 is 9.46 Å². The maximum Gasteiger partial charge on any atom is 0.264 e. The van der Waals surface area contributed by atoms with Crippen LogP contribution in [-0.2, 0) is 23.1 Å². The predicted octanol–water partition coefficient (Wildman–Crippen LogP) is 5.40. The Bertz CT molecular complexity index is 1580. The third kappa shape index (κ3) is 4.70. The van der Waals surface area contributed by atoms with Gasteiger partial charge in [-0.05, 0) is 53.8 Å². The van der Waals surface area contributed by atoms with E-state index < -0.39 is 10.0 Å². The first-order chi connectivity index (χ1) is 17.9. The van der Waals surface area contributed by atoms with Gasteiger partial charge in [-0.1, -0.05) is 54.6 Å². The van der Waals surface area contributed by atoms with Gasteiger partial charge in [-0.25, -0.2) is 18.1 Å². The molecule has 2 atom stereocenters. The van der Waals surface area contributed by atoms with Crippen LogP contribution in [0.3, 0.4) is 0 Å². The lowest BCUT2D eigenvalue weighted by molar-refractivity contribution is 0.166. The average Bonchev–Trinajstić information content (AvgIpc) is 3.02. The van der Waals surface area contributed by atoms with Crippen molar-refractivity contribution in [3.63, 3.8) is 0 Å². The minimum absolute atomic E-state index is 0.0128. The molecule has 6 rings (SSSR count). The fraction of sp³-hybridized carbons (Fsp3) is 0.241. The number of benzene rings is 3. The number of hydrogen-bond donors (Lipinski definition) is 1. The van der Waals surface area contributed by atoms with E-state index in [0.717, 1.165) is 47.3 Å². The first-order valence-electron chi connectivity index (χ1n) is 12.4. The minimum atomic E-state index is -3.91. The average molecular weight is 513 g/mol. The molecule has 3 heterocycles. The fourth-order valence-corrected chi connectivity index (χ4v) is 6.31. The number of aromatic nitrogens is 2. The van der Waals surface area contributed by atoms with Gasteiger partial charge in [0, 0.05) is 37.7 Å². The van der Waals surface area contributed by atoms with Crippen LogP contribution in [0.5, 0.6) is 5.88 Å². The summed E-state index contributed by atoms with van der Waals surface area (Å²) in [6.07, 6.45) is 0.557. The van der Waals surface area contributed by atoms with Gasteiger partial charge in [-0.15, -0.1) is 0 Å². The first-order valence-corrected chi connectivity index (χ1v) is 13.9. The van der Waals surface area contributed by atoms with Gasteiger partial charge in [-0.3, -0.25) is 4.90 Å². The number of nitrogens with zero attached hydrogens (tertiary/aromatic N) is 3. The maximum absolute atomic E-state index is 13.4. The molecule has 2 unspecified atom stereocenters. The lowest BCUT2D eigenvalue weighted by atomic mass is 10.00. The quantitative estimate of drug-likeness (QED) is 0.368. The Balaban J connectivity index is 1.55. The molecule has 0 fully saturated rings. The van der Waals surface area contributed by atoms with E-state index in [0.29, 0.717) is 18.1 Å². The molecule has 1 aromatic heterocycles. The van der Waals surface area contributed by atoms with E-state index in [1.54, 1.807) is 18.2 Å². The minimum Gasteiger partial charge on any atom is -0.469 e. The number of sulfonamides is 1. The highest BCUT2D eigenvalue weighted by atomic mass is 32.2. The molecule has 188 valence electrons. The third-order valence-electron chi connectivity index (χ3n) is 7.05. The molecule has 0 saturated heterocycles. The molecule has 2 aliphatic rings.